The highest BCUT2D eigenvalue weighted by atomic mass is 35.5. The molecule has 7 nitrogen and oxygen atoms in total. The molecule has 142 valence electrons. The Morgan fingerprint density at radius 3 is 2.37 bits per heavy atom. The number of esters is 1. The molecule has 0 fully saturated rings. The molecule has 0 aliphatic carbocycles. The number of carbonyl (C=O) groups excluding carboxylic acids is 3. The molecule has 0 aromatic heterocycles. The molecule has 9 heteroatoms. The van der Waals surface area contributed by atoms with Crippen molar-refractivity contribution in [3.63, 3.8) is 0 Å². The van der Waals surface area contributed by atoms with E-state index >= 15 is 0 Å². The summed E-state index contributed by atoms with van der Waals surface area (Å²) in [5, 5.41) is 0.356. The van der Waals surface area contributed by atoms with Crippen molar-refractivity contribution in [2.45, 2.75) is 6.42 Å². The summed E-state index contributed by atoms with van der Waals surface area (Å²) in [6, 6.07) is 9.31. The van der Waals surface area contributed by atoms with E-state index in [0.717, 1.165) is 0 Å². The number of nitrogens with two attached hydrogens (primary N) is 2. The smallest absolute Gasteiger partial charge is 0.340 e. The number of halogens is 2. The molecular formula is C18H17ClFN3O4. The lowest BCUT2D eigenvalue weighted by Gasteiger charge is -2.22. The van der Waals surface area contributed by atoms with Gasteiger partial charge in [-0.25, -0.2) is 9.18 Å². The number of hydrogen-bond donors (Lipinski definition) is 2. The van der Waals surface area contributed by atoms with E-state index in [-0.39, 0.29) is 24.2 Å². The largest absolute Gasteiger partial charge is 0.452 e. The Balaban J connectivity index is 2.09. The normalized spacial score (nSPS) is 10.3. The number of nitrogen functional groups attached to an aromatic ring is 1. The van der Waals surface area contributed by atoms with Crippen LogP contribution in [-0.4, -0.2) is 30.9 Å². The zero-order valence-corrected chi connectivity index (χ0v) is 14.9. The fourth-order valence-corrected chi connectivity index (χ4v) is 2.42. The van der Waals surface area contributed by atoms with Crippen LogP contribution in [0.5, 0.6) is 0 Å². The van der Waals surface area contributed by atoms with Gasteiger partial charge in [0.1, 0.15) is 5.82 Å². The van der Waals surface area contributed by atoms with Crippen molar-refractivity contribution in [1.82, 2.24) is 0 Å². The van der Waals surface area contributed by atoms with E-state index in [9.17, 15) is 18.8 Å². The van der Waals surface area contributed by atoms with Crippen LogP contribution in [0.3, 0.4) is 0 Å². The summed E-state index contributed by atoms with van der Waals surface area (Å²) in [5.74, 6) is -2.50. The van der Waals surface area contributed by atoms with Crippen molar-refractivity contribution in [2.75, 3.05) is 23.8 Å². The first-order chi connectivity index (χ1) is 12.8. The van der Waals surface area contributed by atoms with Gasteiger partial charge in [0.2, 0.25) is 5.91 Å². The SMILES string of the molecule is NC(=O)CCN(C(=O)COC(=O)c1ccc(Cl)cc1N)c1ccc(F)cc1. The van der Waals surface area contributed by atoms with Gasteiger partial charge in [0.15, 0.2) is 6.61 Å². The third kappa shape index (κ3) is 5.68. The second kappa shape index (κ2) is 9.00. The third-order valence-corrected chi connectivity index (χ3v) is 3.82. The van der Waals surface area contributed by atoms with E-state index in [0.29, 0.717) is 10.7 Å². The molecule has 0 radical (unpaired) electrons. The fraction of sp³-hybridized carbons (Fsp3) is 0.167. The van der Waals surface area contributed by atoms with Crippen LogP contribution in [0, 0.1) is 5.82 Å². The molecule has 4 N–H and O–H groups in total. The third-order valence-electron chi connectivity index (χ3n) is 3.58. The lowest BCUT2D eigenvalue weighted by molar-refractivity contribution is -0.121. The van der Waals surface area contributed by atoms with Gasteiger partial charge in [-0.05, 0) is 42.5 Å². The molecule has 0 spiro atoms. The van der Waals surface area contributed by atoms with Gasteiger partial charge in [-0.15, -0.1) is 0 Å². The molecule has 2 amide bonds. The minimum Gasteiger partial charge on any atom is -0.452 e. The number of carbonyl (C=O) groups is 3. The van der Waals surface area contributed by atoms with Crippen LogP contribution in [0.25, 0.3) is 0 Å². The van der Waals surface area contributed by atoms with Crippen LogP contribution < -0.4 is 16.4 Å². The van der Waals surface area contributed by atoms with Gasteiger partial charge in [-0.1, -0.05) is 11.6 Å². The van der Waals surface area contributed by atoms with Crippen LogP contribution in [0.4, 0.5) is 15.8 Å². The molecule has 0 aliphatic rings. The number of nitrogens with zero attached hydrogens (tertiary/aromatic N) is 1. The second-order valence-corrected chi connectivity index (χ2v) is 5.98. The highest BCUT2D eigenvalue weighted by Gasteiger charge is 2.20. The zero-order valence-electron chi connectivity index (χ0n) is 14.2. The second-order valence-electron chi connectivity index (χ2n) is 5.55. The molecule has 0 bridgehead atoms. The van der Waals surface area contributed by atoms with Crippen LogP contribution in [-0.2, 0) is 14.3 Å². The van der Waals surface area contributed by atoms with Gasteiger partial charge in [-0.2, -0.15) is 0 Å². The van der Waals surface area contributed by atoms with E-state index in [1.54, 1.807) is 0 Å². The number of hydrogen-bond acceptors (Lipinski definition) is 5. The monoisotopic (exact) mass is 393 g/mol. The topological polar surface area (TPSA) is 116 Å². The van der Waals surface area contributed by atoms with Crippen molar-refractivity contribution in [3.05, 3.63) is 58.9 Å². The number of rotatable bonds is 7. The number of primary amides is 1. The minimum absolute atomic E-state index is 0.0412. The fourth-order valence-electron chi connectivity index (χ4n) is 2.24. The van der Waals surface area contributed by atoms with Crippen molar-refractivity contribution < 1.29 is 23.5 Å². The van der Waals surface area contributed by atoms with Crippen LogP contribution in [0.15, 0.2) is 42.5 Å². The van der Waals surface area contributed by atoms with Crippen LogP contribution in [0.2, 0.25) is 5.02 Å². The first-order valence-electron chi connectivity index (χ1n) is 7.84. The van der Waals surface area contributed by atoms with E-state index in [1.807, 2.05) is 0 Å². The molecule has 0 heterocycles. The van der Waals surface area contributed by atoms with E-state index in [2.05, 4.69) is 0 Å². The van der Waals surface area contributed by atoms with Gasteiger partial charge >= 0.3 is 5.97 Å². The average Bonchev–Trinajstić information content (AvgIpc) is 2.61. The average molecular weight is 394 g/mol. The Bertz CT molecular complexity index is 858. The number of benzene rings is 2. The number of anilines is 2. The van der Waals surface area contributed by atoms with Gasteiger partial charge in [-0.3, -0.25) is 9.59 Å². The quantitative estimate of drug-likeness (QED) is 0.552. The summed E-state index contributed by atoms with van der Waals surface area (Å²) in [6.45, 7) is -0.641. The van der Waals surface area contributed by atoms with Crippen molar-refractivity contribution >= 4 is 40.8 Å². The van der Waals surface area contributed by atoms with Crippen LogP contribution >= 0.6 is 11.6 Å². The standard InChI is InChI=1S/C18H17ClFN3O4/c19-11-1-6-14(15(21)9-11)18(26)27-10-17(25)23(8-7-16(22)24)13-4-2-12(20)3-5-13/h1-6,9H,7-8,10,21H2,(H2,22,24). The van der Waals surface area contributed by atoms with Gasteiger partial charge < -0.3 is 21.1 Å². The highest BCUT2D eigenvalue weighted by Crippen LogP contribution is 2.19. The molecule has 0 unspecified atom stereocenters. The molecule has 0 aliphatic heterocycles. The summed E-state index contributed by atoms with van der Waals surface area (Å²) in [4.78, 5) is 36.8. The van der Waals surface area contributed by atoms with Gasteiger partial charge in [0.05, 0.1) is 5.56 Å². The zero-order chi connectivity index (χ0) is 20.0. The van der Waals surface area contributed by atoms with Crippen molar-refractivity contribution in [2.24, 2.45) is 5.73 Å². The highest BCUT2D eigenvalue weighted by molar-refractivity contribution is 6.31. The molecular weight excluding hydrogens is 377 g/mol. The van der Waals surface area contributed by atoms with Gasteiger partial charge in [0, 0.05) is 29.4 Å². The summed E-state index contributed by atoms with van der Waals surface area (Å²) >= 11 is 5.77. The van der Waals surface area contributed by atoms with Crippen molar-refractivity contribution in [3.8, 4) is 0 Å². The molecule has 0 saturated heterocycles. The Kier molecular flexibility index (Phi) is 6.73. The maximum Gasteiger partial charge on any atom is 0.340 e. The maximum absolute atomic E-state index is 13.1. The minimum atomic E-state index is -0.800. The summed E-state index contributed by atoms with van der Waals surface area (Å²) in [6.07, 6.45) is -0.110. The van der Waals surface area contributed by atoms with Crippen LogP contribution in [0.1, 0.15) is 16.8 Å². The molecule has 2 rings (SSSR count). The summed E-state index contributed by atoms with van der Waals surface area (Å²) < 4.78 is 18.1. The predicted octanol–water partition coefficient (Wildman–Crippen LogP) is 2.13. The number of amides is 2. The Morgan fingerprint density at radius 2 is 1.78 bits per heavy atom. The molecule has 27 heavy (non-hydrogen) atoms. The molecule has 2 aromatic rings. The maximum atomic E-state index is 13.1. The molecule has 0 atom stereocenters. The van der Waals surface area contributed by atoms with E-state index in [1.165, 1.54) is 47.4 Å². The van der Waals surface area contributed by atoms with E-state index in [4.69, 9.17) is 27.8 Å². The molecule has 0 saturated carbocycles. The summed E-state index contributed by atoms with van der Waals surface area (Å²) in [7, 11) is 0. The summed E-state index contributed by atoms with van der Waals surface area (Å²) in [5.41, 5.74) is 11.4. The first-order valence-corrected chi connectivity index (χ1v) is 8.22. The van der Waals surface area contributed by atoms with Gasteiger partial charge in [0.25, 0.3) is 5.91 Å². The predicted molar refractivity (Wildman–Crippen MR) is 98.7 cm³/mol. The Labute approximate surface area is 159 Å². The lowest BCUT2D eigenvalue weighted by Crippen LogP contribution is -2.37. The molecule has 2 aromatic carbocycles. The number of ether oxygens (including phenoxy) is 1. The Hall–Kier alpha value is -3.13. The lowest BCUT2D eigenvalue weighted by atomic mass is 10.2. The first kappa shape index (κ1) is 20.2. The van der Waals surface area contributed by atoms with E-state index < -0.39 is 30.2 Å². The Morgan fingerprint density at radius 1 is 1.11 bits per heavy atom. The van der Waals surface area contributed by atoms with Crippen molar-refractivity contribution in [1.29, 1.82) is 0 Å².